The fourth-order valence-electron chi connectivity index (χ4n) is 2.93. The lowest BCUT2D eigenvalue weighted by Crippen LogP contribution is -2.34. The Labute approximate surface area is 168 Å². The van der Waals surface area contributed by atoms with Gasteiger partial charge in [0.25, 0.3) is 17.4 Å². The average molecular weight is 390 g/mol. The molecule has 0 radical (unpaired) electrons. The van der Waals surface area contributed by atoms with Crippen LogP contribution in [0.1, 0.15) is 31.8 Å². The van der Waals surface area contributed by atoms with E-state index in [1.807, 2.05) is 42.5 Å². The topological polar surface area (TPSA) is 93.1 Å². The number of carbonyl (C=O) groups is 2. The molecule has 0 atom stereocenters. The molecular weight excluding hydrogens is 368 g/mol. The van der Waals surface area contributed by atoms with Gasteiger partial charge in [-0.25, -0.2) is 0 Å². The zero-order valence-electron chi connectivity index (χ0n) is 16.1. The van der Waals surface area contributed by atoms with Crippen LogP contribution in [0.15, 0.2) is 71.9 Å². The summed E-state index contributed by atoms with van der Waals surface area (Å²) in [6.07, 6.45) is 5.54. The van der Waals surface area contributed by atoms with E-state index in [1.54, 1.807) is 12.4 Å². The lowest BCUT2D eigenvalue weighted by atomic mass is 10.1. The summed E-state index contributed by atoms with van der Waals surface area (Å²) < 4.78 is 1.39. The van der Waals surface area contributed by atoms with E-state index in [0.717, 1.165) is 11.1 Å². The van der Waals surface area contributed by atoms with Gasteiger partial charge in [0.15, 0.2) is 0 Å². The Bertz CT molecular complexity index is 1050. The van der Waals surface area contributed by atoms with Gasteiger partial charge in [-0.2, -0.15) is 0 Å². The summed E-state index contributed by atoms with van der Waals surface area (Å²) >= 11 is 0. The average Bonchev–Trinajstić information content (AvgIpc) is 2.76. The molecule has 0 fully saturated rings. The smallest absolute Gasteiger partial charge is 0.263 e. The lowest BCUT2D eigenvalue weighted by molar-refractivity contribution is 0.0953. The molecule has 2 N–H and O–H groups in total. The third-order valence-corrected chi connectivity index (χ3v) is 4.46. The molecule has 0 spiro atoms. The SMILES string of the molecule is CNC(=O)c1cc(C(=O)NCCc2ccncc2)cn(Cc2ccccc2)c1=O. The van der Waals surface area contributed by atoms with Crippen molar-refractivity contribution in [2.45, 2.75) is 13.0 Å². The van der Waals surface area contributed by atoms with Gasteiger partial charge in [-0.15, -0.1) is 0 Å². The largest absolute Gasteiger partial charge is 0.355 e. The van der Waals surface area contributed by atoms with Crippen molar-refractivity contribution < 1.29 is 9.59 Å². The van der Waals surface area contributed by atoms with Gasteiger partial charge in [-0.1, -0.05) is 30.3 Å². The Balaban J connectivity index is 1.82. The van der Waals surface area contributed by atoms with Crippen molar-refractivity contribution in [3.63, 3.8) is 0 Å². The van der Waals surface area contributed by atoms with Gasteiger partial charge in [-0.3, -0.25) is 19.4 Å². The highest BCUT2D eigenvalue weighted by Gasteiger charge is 2.17. The zero-order chi connectivity index (χ0) is 20.6. The number of pyridine rings is 2. The summed E-state index contributed by atoms with van der Waals surface area (Å²) in [5.41, 5.74) is 1.70. The second-order valence-corrected chi connectivity index (χ2v) is 6.50. The van der Waals surface area contributed by atoms with Crippen LogP contribution in [0.25, 0.3) is 0 Å². The van der Waals surface area contributed by atoms with E-state index in [2.05, 4.69) is 15.6 Å². The maximum Gasteiger partial charge on any atom is 0.263 e. The van der Waals surface area contributed by atoms with Crippen molar-refractivity contribution >= 4 is 11.8 Å². The van der Waals surface area contributed by atoms with Gasteiger partial charge >= 0.3 is 0 Å². The van der Waals surface area contributed by atoms with Crippen molar-refractivity contribution in [2.24, 2.45) is 0 Å². The number of benzene rings is 1. The fraction of sp³-hybridized carbons (Fsp3) is 0.182. The molecule has 148 valence electrons. The van der Waals surface area contributed by atoms with Crippen LogP contribution in [0.5, 0.6) is 0 Å². The van der Waals surface area contributed by atoms with Gasteiger partial charge in [0.1, 0.15) is 5.56 Å². The van der Waals surface area contributed by atoms with E-state index in [0.29, 0.717) is 13.0 Å². The van der Waals surface area contributed by atoms with E-state index in [-0.39, 0.29) is 23.6 Å². The van der Waals surface area contributed by atoms with E-state index >= 15 is 0 Å². The molecule has 7 heteroatoms. The second kappa shape index (κ2) is 9.45. The standard InChI is InChI=1S/C22H22N4O3/c1-23-21(28)19-13-18(20(27)25-12-9-16-7-10-24-11-8-16)15-26(22(19)29)14-17-5-3-2-4-6-17/h2-8,10-11,13,15H,9,12,14H2,1H3,(H,23,28)(H,25,27). The molecule has 0 saturated carbocycles. The van der Waals surface area contributed by atoms with E-state index in [9.17, 15) is 14.4 Å². The summed E-state index contributed by atoms with van der Waals surface area (Å²) in [6.45, 7) is 0.692. The molecule has 7 nitrogen and oxygen atoms in total. The van der Waals surface area contributed by atoms with Crippen LogP contribution in [0, 0.1) is 0 Å². The van der Waals surface area contributed by atoms with Crippen LogP contribution in [-0.4, -0.2) is 35.0 Å². The first kappa shape index (κ1) is 20.0. The summed E-state index contributed by atoms with van der Waals surface area (Å²) in [7, 11) is 1.45. The maximum atomic E-state index is 12.7. The number of nitrogens with one attached hydrogen (secondary N) is 2. The summed E-state index contributed by atoms with van der Waals surface area (Å²) in [6, 6.07) is 14.5. The number of amides is 2. The Morgan fingerprint density at radius 1 is 1.00 bits per heavy atom. The van der Waals surface area contributed by atoms with E-state index in [1.165, 1.54) is 23.9 Å². The highest BCUT2D eigenvalue weighted by Crippen LogP contribution is 2.06. The summed E-state index contributed by atoms with van der Waals surface area (Å²) in [5.74, 6) is -0.866. The number of carbonyl (C=O) groups excluding carboxylic acids is 2. The third-order valence-electron chi connectivity index (χ3n) is 4.46. The molecular formula is C22H22N4O3. The first-order valence-corrected chi connectivity index (χ1v) is 9.26. The van der Waals surface area contributed by atoms with Crippen molar-refractivity contribution in [1.82, 2.24) is 20.2 Å². The Morgan fingerprint density at radius 3 is 2.41 bits per heavy atom. The number of rotatable bonds is 7. The van der Waals surface area contributed by atoms with Crippen LogP contribution in [-0.2, 0) is 13.0 Å². The lowest BCUT2D eigenvalue weighted by Gasteiger charge is -2.12. The molecule has 2 amide bonds. The van der Waals surface area contributed by atoms with E-state index < -0.39 is 11.5 Å². The van der Waals surface area contributed by atoms with Gasteiger partial charge < -0.3 is 15.2 Å². The first-order valence-electron chi connectivity index (χ1n) is 9.26. The molecule has 0 saturated heterocycles. The van der Waals surface area contributed by atoms with Crippen molar-refractivity contribution in [3.8, 4) is 0 Å². The summed E-state index contributed by atoms with van der Waals surface area (Å²) in [4.78, 5) is 41.5. The molecule has 0 bridgehead atoms. The minimum Gasteiger partial charge on any atom is -0.355 e. The van der Waals surface area contributed by atoms with Gasteiger partial charge in [0.2, 0.25) is 0 Å². The molecule has 0 aliphatic rings. The number of aromatic nitrogens is 2. The van der Waals surface area contributed by atoms with Crippen LogP contribution in [0.4, 0.5) is 0 Å². The normalized spacial score (nSPS) is 10.4. The van der Waals surface area contributed by atoms with Crippen molar-refractivity contribution in [1.29, 1.82) is 0 Å². The molecule has 1 aromatic carbocycles. The Morgan fingerprint density at radius 2 is 1.72 bits per heavy atom. The quantitative estimate of drug-likeness (QED) is 0.641. The molecule has 0 unspecified atom stereocenters. The molecule has 3 aromatic rings. The second-order valence-electron chi connectivity index (χ2n) is 6.50. The number of hydrogen-bond acceptors (Lipinski definition) is 4. The van der Waals surface area contributed by atoms with Gasteiger partial charge in [0, 0.05) is 32.2 Å². The van der Waals surface area contributed by atoms with Crippen molar-refractivity contribution in [3.05, 3.63) is 99.7 Å². The molecule has 2 heterocycles. The minimum absolute atomic E-state index is 0.0646. The van der Waals surface area contributed by atoms with Crippen LogP contribution < -0.4 is 16.2 Å². The predicted molar refractivity (Wildman–Crippen MR) is 110 cm³/mol. The molecule has 0 aliphatic heterocycles. The number of hydrogen-bond donors (Lipinski definition) is 2. The van der Waals surface area contributed by atoms with Gasteiger partial charge in [0.05, 0.1) is 12.1 Å². The highest BCUT2D eigenvalue weighted by atomic mass is 16.2. The fourth-order valence-corrected chi connectivity index (χ4v) is 2.93. The predicted octanol–water partition coefficient (Wildman–Crippen LogP) is 1.62. The minimum atomic E-state index is -0.525. The zero-order valence-corrected chi connectivity index (χ0v) is 16.1. The highest BCUT2D eigenvalue weighted by molar-refractivity contribution is 5.99. The number of nitrogens with zero attached hydrogens (tertiary/aromatic N) is 2. The van der Waals surface area contributed by atoms with Crippen LogP contribution >= 0.6 is 0 Å². The Kier molecular flexibility index (Phi) is 6.52. The molecule has 3 rings (SSSR count). The van der Waals surface area contributed by atoms with Crippen LogP contribution in [0.3, 0.4) is 0 Å². The summed E-state index contributed by atoms with van der Waals surface area (Å²) in [5, 5.41) is 5.29. The maximum absolute atomic E-state index is 12.7. The monoisotopic (exact) mass is 390 g/mol. The third kappa shape index (κ3) is 5.16. The first-order chi connectivity index (χ1) is 14.1. The van der Waals surface area contributed by atoms with E-state index in [4.69, 9.17) is 0 Å². The Hall–Kier alpha value is -3.74. The molecule has 29 heavy (non-hydrogen) atoms. The van der Waals surface area contributed by atoms with Crippen molar-refractivity contribution in [2.75, 3.05) is 13.6 Å². The molecule has 0 aliphatic carbocycles. The van der Waals surface area contributed by atoms with Gasteiger partial charge in [-0.05, 0) is 35.7 Å². The molecule has 2 aromatic heterocycles. The van der Waals surface area contributed by atoms with Crippen LogP contribution in [0.2, 0.25) is 0 Å².